The molecular weight excluding hydrogens is 357 g/mol. The smallest absolute Gasteiger partial charge is 0.189 e. The van der Waals surface area contributed by atoms with E-state index in [1.54, 1.807) is 0 Å². The molecule has 0 radical (unpaired) electrons. The molecule has 144 valence electrons. The molecule has 0 saturated heterocycles. The first kappa shape index (κ1) is 22.5. The van der Waals surface area contributed by atoms with E-state index in [1.807, 2.05) is 18.2 Å². The first-order chi connectivity index (χ1) is 12.1. The second-order valence-corrected chi connectivity index (χ2v) is 8.09. The van der Waals surface area contributed by atoms with Crippen molar-refractivity contribution in [2.24, 2.45) is 0 Å². The van der Waals surface area contributed by atoms with E-state index in [4.69, 9.17) is 21.2 Å². The number of halogens is 1. The van der Waals surface area contributed by atoms with Crippen molar-refractivity contribution < 1.29 is 14.2 Å². The monoisotopic (exact) mass is 389 g/mol. The Morgan fingerprint density at radius 1 is 1.12 bits per heavy atom. The number of hydrogen-bond acceptors (Lipinski definition) is 3. The quantitative estimate of drug-likeness (QED) is 0.311. The Hall–Kier alpha value is -0.540. The van der Waals surface area contributed by atoms with Gasteiger partial charge in [-0.3, -0.25) is 4.57 Å². The first-order valence-corrected chi connectivity index (χ1v) is 11.4. The molecule has 2 N–H and O–H groups in total. The molecule has 0 fully saturated rings. The van der Waals surface area contributed by atoms with E-state index in [9.17, 15) is 4.57 Å². The fourth-order valence-corrected chi connectivity index (χ4v) is 3.31. The molecule has 1 rings (SSSR count). The molecule has 1 atom stereocenters. The lowest BCUT2D eigenvalue weighted by atomic mass is 10.1. The van der Waals surface area contributed by atoms with Gasteiger partial charge in [0.2, 0.25) is 0 Å². The van der Waals surface area contributed by atoms with Gasteiger partial charge in [0.1, 0.15) is 5.75 Å². The van der Waals surface area contributed by atoms with Crippen molar-refractivity contribution in [2.45, 2.75) is 64.8 Å². The predicted octanol–water partition coefficient (Wildman–Crippen LogP) is 5.42. The molecule has 0 saturated carbocycles. The Labute approximate surface area is 158 Å². The highest BCUT2D eigenvalue weighted by atomic mass is 35.5. The highest BCUT2D eigenvalue weighted by Crippen LogP contribution is 2.23. The van der Waals surface area contributed by atoms with Crippen molar-refractivity contribution in [2.75, 3.05) is 19.3 Å². The Bertz CT molecular complexity index is 500. The van der Waals surface area contributed by atoms with E-state index in [-0.39, 0.29) is 0 Å². The third kappa shape index (κ3) is 11.6. The summed E-state index contributed by atoms with van der Waals surface area (Å²) in [6, 6.07) is 5.80. The Morgan fingerprint density at radius 2 is 1.84 bits per heavy atom. The summed E-state index contributed by atoms with van der Waals surface area (Å²) >= 11 is 6.30. The topological polar surface area (TPSA) is 58.6 Å². The number of nitrogens with one attached hydrogen (secondary N) is 1. The van der Waals surface area contributed by atoms with Crippen LogP contribution in [0, 0.1) is 0 Å². The van der Waals surface area contributed by atoms with Crippen molar-refractivity contribution in [3.8, 4) is 5.75 Å². The van der Waals surface area contributed by atoms with Gasteiger partial charge in [0.25, 0.3) is 0 Å². The summed E-state index contributed by atoms with van der Waals surface area (Å²) in [4.78, 5) is 8.78. The maximum atomic E-state index is 10.6. The third-order valence-corrected chi connectivity index (χ3v) is 5.23. The van der Waals surface area contributed by atoms with Crippen molar-refractivity contribution in [1.82, 2.24) is 5.32 Å². The number of unbranched alkanes of at least 4 members (excludes halogenated alkanes) is 6. The molecule has 0 aliphatic heterocycles. The van der Waals surface area contributed by atoms with Gasteiger partial charge in [0, 0.05) is 17.7 Å². The van der Waals surface area contributed by atoms with Crippen molar-refractivity contribution in [3.05, 3.63) is 28.8 Å². The number of rotatable bonds is 15. The van der Waals surface area contributed by atoms with E-state index in [2.05, 4.69) is 12.2 Å². The van der Waals surface area contributed by atoms with Crippen LogP contribution in [-0.4, -0.2) is 24.2 Å². The van der Waals surface area contributed by atoms with Gasteiger partial charge < -0.3 is 14.9 Å². The van der Waals surface area contributed by atoms with Crippen LogP contribution in [0.3, 0.4) is 0 Å². The molecule has 0 aliphatic carbocycles. The van der Waals surface area contributed by atoms with Crippen LogP contribution in [-0.2, 0) is 11.1 Å². The molecule has 0 amide bonds. The normalized spacial score (nSPS) is 12.3. The standard InChI is InChI=1S/C19H33ClNO3P/c1-2-3-4-5-6-7-8-13-24-18-11-10-17(19(20)15-18)16-21-12-9-14-25(22)23/h10-11,15,21,25H,2-9,12-14,16H2,1H3,(H,22,23). The summed E-state index contributed by atoms with van der Waals surface area (Å²) < 4.78 is 16.4. The Morgan fingerprint density at radius 3 is 2.52 bits per heavy atom. The molecule has 6 heteroatoms. The number of hydrogen-bond donors (Lipinski definition) is 2. The number of benzene rings is 1. The van der Waals surface area contributed by atoms with E-state index in [1.165, 1.54) is 38.5 Å². The van der Waals surface area contributed by atoms with Crippen LogP contribution in [0.2, 0.25) is 5.02 Å². The molecule has 0 spiro atoms. The fraction of sp³-hybridized carbons (Fsp3) is 0.684. The average Bonchev–Trinajstić information content (AvgIpc) is 2.58. The fourth-order valence-electron chi connectivity index (χ4n) is 2.60. The van der Waals surface area contributed by atoms with Gasteiger partial charge in [0.05, 0.1) is 6.61 Å². The minimum absolute atomic E-state index is 0.372. The minimum Gasteiger partial charge on any atom is -0.494 e. The zero-order chi connectivity index (χ0) is 18.3. The van der Waals surface area contributed by atoms with E-state index in [0.29, 0.717) is 30.7 Å². The summed E-state index contributed by atoms with van der Waals surface area (Å²) in [5, 5.41) is 3.93. The third-order valence-electron chi connectivity index (χ3n) is 4.10. The lowest BCUT2D eigenvalue weighted by molar-refractivity contribution is 0.304. The Kier molecular flexibility index (Phi) is 13.2. The lowest BCUT2D eigenvalue weighted by Gasteiger charge is -2.10. The van der Waals surface area contributed by atoms with Crippen LogP contribution >= 0.6 is 19.6 Å². The predicted molar refractivity (Wildman–Crippen MR) is 107 cm³/mol. The second kappa shape index (κ2) is 14.6. The van der Waals surface area contributed by atoms with E-state index in [0.717, 1.165) is 24.3 Å². The van der Waals surface area contributed by atoms with Crippen molar-refractivity contribution >= 4 is 19.6 Å². The molecule has 0 aromatic heterocycles. The molecule has 0 heterocycles. The molecular formula is C19H33ClNO3P. The molecule has 0 bridgehead atoms. The molecule has 25 heavy (non-hydrogen) atoms. The van der Waals surface area contributed by atoms with Gasteiger partial charge >= 0.3 is 0 Å². The molecule has 1 aromatic carbocycles. The molecule has 1 unspecified atom stereocenters. The van der Waals surface area contributed by atoms with Gasteiger partial charge in [-0.1, -0.05) is 63.1 Å². The van der Waals surface area contributed by atoms with E-state index >= 15 is 0 Å². The highest BCUT2D eigenvalue weighted by molar-refractivity contribution is 7.37. The SMILES string of the molecule is CCCCCCCCCOc1ccc(CNCCC[PH](=O)O)c(Cl)c1. The van der Waals surface area contributed by atoms with Crippen LogP contribution in [0.1, 0.15) is 63.9 Å². The van der Waals surface area contributed by atoms with E-state index < -0.39 is 8.03 Å². The minimum atomic E-state index is -2.34. The van der Waals surface area contributed by atoms with Crippen molar-refractivity contribution in [1.29, 1.82) is 0 Å². The van der Waals surface area contributed by atoms with Crippen LogP contribution in [0.4, 0.5) is 0 Å². The summed E-state index contributed by atoms with van der Waals surface area (Å²) in [6.45, 7) is 4.34. The number of ether oxygens (including phenoxy) is 1. The molecule has 4 nitrogen and oxygen atoms in total. The van der Waals surface area contributed by atoms with Crippen LogP contribution in [0.25, 0.3) is 0 Å². The largest absolute Gasteiger partial charge is 0.494 e. The summed E-state index contributed by atoms with van der Waals surface area (Å²) in [6.07, 6.45) is 9.98. The lowest BCUT2D eigenvalue weighted by Crippen LogP contribution is -2.15. The first-order valence-electron chi connectivity index (χ1n) is 9.47. The highest BCUT2D eigenvalue weighted by Gasteiger charge is 2.03. The molecule has 0 aliphatic rings. The maximum Gasteiger partial charge on any atom is 0.189 e. The molecule has 1 aromatic rings. The maximum absolute atomic E-state index is 10.6. The summed E-state index contributed by atoms with van der Waals surface area (Å²) in [5.41, 5.74) is 1.02. The van der Waals surface area contributed by atoms with Gasteiger partial charge in [-0.05, 0) is 37.1 Å². The van der Waals surface area contributed by atoms with Crippen molar-refractivity contribution in [3.63, 3.8) is 0 Å². The second-order valence-electron chi connectivity index (χ2n) is 6.40. The summed E-state index contributed by atoms with van der Waals surface area (Å²) in [5.74, 6) is 0.818. The van der Waals surface area contributed by atoms with Gasteiger partial charge in [0.15, 0.2) is 8.03 Å². The van der Waals surface area contributed by atoms with Crippen LogP contribution < -0.4 is 10.1 Å². The van der Waals surface area contributed by atoms with Crippen LogP contribution in [0.15, 0.2) is 18.2 Å². The summed E-state index contributed by atoms with van der Waals surface area (Å²) in [7, 11) is -2.34. The van der Waals surface area contributed by atoms with Crippen LogP contribution in [0.5, 0.6) is 5.75 Å². The average molecular weight is 390 g/mol. The van der Waals surface area contributed by atoms with Gasteiger partial charge in [-0.25, -0.2) is 0 Å². The zero-order valence-corrected chi connectivity index (χ0v) is 17.1. The van der Waals surface area contributed by atoms with Gasteiger partial charge in [-0.2, -0.15) is 0 Å². The van der Waals surface area contributed by atoms with Gasteiger partial charge in [-0.15, -0.1) is 0 Å². The Balaban J connectivity index is 2.16. The zero-order valence-electron chi connectivity index (χ0n) is 15.4.